The maximum Gasteiger partial charge on any atom is 0.221 e. The number of pyridine rings is 1. The van der Waals surface area contributed by atoms with Gasteiger partial charge < -0.3 is 5.32 Å². The zero-order valence-corrected chi connectivity index (χ0v) is 16.0. The molecule has 2 aromatic rings. The van der Waals surface area contributed by atoms with Crippen LogP contribution in [0.2, 0.25) is 0 Å². The molecule has 1 amide bonds. The van der Waals surface area contributed by atoms with Crippen LogP contribution in [0.25, 0.3) is 16.5 Å². The molecular formula is C22H25FN2O. The highest BCUT2D eigenvalue weighted by molar-refractivity contribution is 6.02. The summed E-state index contributed by atoms with van der Waals surface area (Å²) in [4.78, 5) is 16.0. The molecule has 0 saturated heterocycles. The zero-order chi connectivity index (χ0) is 19.3. The van der Waals surface area contributed by atoms with Crippen molar-refractivity contribution in [3.8, 4) is 0 Å². The highest BCUT2D eigenvalue weighted by Gasteiger charge is 2.09. The van der Waals surface area contributed by atoms with Gasteiger partial charge in [0.25, 0.3) is 0 Å². The maximum atomic E-state index is 13.2. The Morgan fingerprint density at radius 2 is 1.96 bits per heavy atom. The average Bonchev–Trinajstić information content (AvgIpc) is 2.60. The Kier molecular flexibility index (Phi) is 6.45. The number of carbonyl (C=O) groups is 1. The first-order chi connectivity index (χ1) is 12.3. The SMILES string of the molecule is CC\C(C)=C/C(=C\C=C(/C)F)c1ccc2ncc(C)c(NC(C)=O)c2c1. The lowest BCUT2D eigenvalue weighted by Crippen LogP contribution is -2.08. The molecule has 0 aliphatic heterocycles. The van der Waals surface area contributed by atoms with Crippen molar-refractivity contribution in [1.82, 2.24) is 4.98 Å². The average molecular weight is 352 g/mol. The van der Waals surface area contributed by atoms with Gasteiger partial charge >= 0.3 is 0 Å². The van der Waals surface area contributed by atoms with Crippen molar-refractivity contribution < 1.29 is 9.18 Å². The monoisotopic (exact) mass is 352 g/mol. The molecule has 136 valence electrons. The topological polar surface area (TPSA) is 42.0 Å². The van der Waals surface area contributed by atoms with E-state index in [9.17, 15) is 9.18 Å². The fourth-order valence-corrected chi connectivity index (χ4v) is 2.61. The number of hydrogen-bond acceptors (Lipinski definition) is 2. The molecule has 3 nitrogen and oxygen atoms in total. The van der Waals surface area contributed by atoms with Crippen molar-refractivity contribution in [2.24, 2.45) is 0 Å². The summed E-state index contributed by atoms with van der Waals surface area (Å²) >= 11 is 0. The van der Waals surface area contributed by atoms with Crippen LogP contribution >= 0.6 is 0 Å². The van der Waals surface area contributed by atoms with Crippen molar-refractivity contribution in [3.63, 3.8) is 0 Å². The maximum absolute atomic E-state index is 13.2. The van der Waals surface area contributed by atoms with Gasteiger partial charge in [0.1, 0.15) is 0 Å². The van der Waals surface area contributed by atoms with E-state index in [1.54, 1.807) is 12.3 Å². The highest BCUT2D eigenvalue weighted by atomic mass is 19.1. The van der Waals surface area contributed by atoms with Crippen LogP contribution in [-0.4, -0.2) is 10.9 Å². The molecule has 1 heterocycles. The minimum absolute atomic E-state index is 0.125. The predicted molar refractivity (Wildman–Crippen MR) is 108 cm³/mol. The molecule has 1 aromatic heterocycles. The molecule has 26 heavy (non-hydrogen) atoms. The summed E-state index contributed by atoms with van der Waals surface area (Å²) in [5.74, 6) is -0.373. The van der Waals surface area contributed by atoms with E-state index in [2.05, 4.69) is 30.2 Å². The Balaban J connectivity index is 2.68. The molecule has 0 atom stereocenters. The summed E-state index contributed by atoms with van der Waals surface area (Å²) in [6.45, 7) is 8.96. The number of carbonyl (C=O) groups excluding carboxylic acids is 1. The molecule has 2 rings (SSSR count). The van der Waals surface area contributed by atoms with Crippen LogP contribution in [0, 0.1) is 6.92 Å². The lowest BCUT2D eigenvalue weighted by Gasteiger charge is -2.12. The number of rotatable bonds is 5. The largest absolute Gasteiger partial charge is 0.325 e. The second-order valence-corrected chi connectivity index (χ2v) is 6.45. The molecule has 0 bridgehead atoms. The van der Waals surface area contributed by atoms with Crippen molar-refractivity contribution in [2.75, 3.05) is 5.32 Å². The van der Waals surface area contributed by atoms with Gasteiger partial charge in [0.05, 0.1) is 17.0 Å². The van der Waals surface area contributed by atoms with E-state index < -0.39 is 0 Å². The van der Waals surface area contributed by atoms with Crippen LogP contribution in [0.15, 0.2) is 54.0 Å². The smallest absolute Gasteiger partial charge is 0.221 e. The predicted octanol–water partition coefficient (Wildman–Crippen LogP) is 6.11. The molecule has 1 aromatic carbocycles. The van der Waals surface area contributed by atoms with Crippen LogP contribution in [0.5, 0.6) is 0 Å². The minimum atomic E-state index is -0.248. The first-order valence-corrected chi connectivity index (χ1v) is 8.70. The van der Waals surface area contributed by atoms with E-state index in [4.69, 9.17) is 0 Å². The molecule has 0 aliphatic rings. The van der Waals surface area contributed by atoms with Crippen LogP contribution < -0.4 is 5.32 Å². The summed E-state index contributed by atoms with van der Waals surface area (Å²) in [5.41, 5.74) is 5.52. The molecule has 0 aliphatic carbocycles. The fraction of sp³-hybridized carbons (Fsp3) is 0.273. The van der Waals surface area contributed by atoms with Gasteiger partial charge in [0.15, 0.2) is 0 Å². The van der Waals surface area contributed by atoms with Gasteiger partial charge in [-0.1, -0.05) is 30.7 Å². The van der Waals surface area contributed by atoms with E-state index in [0.29, 0.717) is 0 Å². The first kappa shape index (κ1) is 19.6. The number of allylic oxidation sites excluding steroid dienone is 6. The summed E-state index contributed by atoms with van der Waals surface area (Å²) in [6.07, 6.45) is 7.96. The Morgan fingerprint density at radius 3 is 2.58 bits per heavy atom. The second kappa shape index (κ2) is 8.56. The van der Waals surface area contributed by atoms with Gasteiger partial charge in [0.2, 0.25) is 5.91 Å². The van der Waals surface area contributed by atoms with Gasteiger partial charge in [-0.2, -0.15) is 0 Å². The van der Waals surface area contributed by atoms with Gasteiger partial charge in [0, 0.05) is 18.5 Å². The highest BCUT2D eigenvalue weighted by Crippen LogP contribution is 2.29. The van der Waals surface area contributed by atoms with E-state index >= 15 is 0 Å². The van der Waals surface area contributed by atoms with E-state index in [1.165, 1.54) is 25.5 Å². The number of nitrogens with one attached hydrogen (secondary N) is 1. The quantitative estimate of drug-likeness (QED) is 0.659. The minimum Gasteiger partial charge on any atom is -0.325 e. The molecular weight excluding hydrogens is 327 g/mol. The van der Waals surface area contributed by atoms with Crippen molar-refractivity contribution in [2.45, 2.75) is 41.0 Å². The van der Waals surface area contributed by atoms with Gasteiger partial charge in [-0.05, 0) is 62.1 Å². The third-order valence-electron chi connectivity index (χ3n) is 4.14. The van der Waals surface area contributed by atoms with Gasteiger partial charge in [-0.3, -0.25) is 9.78 Å². The number of aryl methyl sites for hydroxylation is 1. The summed E-state index contributed by atoms with van der Waals surface area (Å²) in [5, 5.41) is 3.77. The Morgan fingerprint density at radius 1 is 1.23 bits per heavy atom. The van der Waals surface area contributed by atoms with E-state index in [0.717, 1.165) is 39.7 Å². The molecule has 0 unspecified atom stereocenters. The number of anilines is 1. The van der Waals surface area contributed by atoms with Crippen molar-refractivity contribution in [3.05, 3.63) is 65.2 Å². The fourth-order valence-electron chi connectivity index (χ4n) is 2.61. The number of amides is 1. The normalized spacial score (nSPS) is 13.2. The standard InChI is InChI=1S/C22H25FN2O/c1-6-14(2)11-18(8-7-16(4)23)19-9-10-21-20(12-19)22(25-17(5)26)15(3)13-24-21/h7-13H,6H2,1-5H3,(H,24,25,26)/b14-11-,16-7+,18-8+. The number of benzene rings is 1. The molecule has 0 spiro atoms. The number of aromatic nitrogens is 1. The number of nitrogens with zero attached hydrogens (tertiary/aromatic N) is 1. The third kappa shape index (κ3) is 4.88. The van der Waals surface area contributed by atoms with Gasteiger partial charge in [-0.15, -0.1) is 0 Å². The molecule has 4 heteroatoms. The van der Waals surface area contributed by atoms with Crippen LogP contribution in [0.1, 0.15) is 45.2 Å². The molecule has 0 fully saturated rings. The number of halogens is 1. The van der Waals surface area contributed by atoms with E-state index in [-0.39, 0.29) is 11.7 Å². The summed E-state index contributed by atoms with van der Waals surface area (Å²) in [6, 6.07) is 5.88. The number of fused-ring (bicyclic) bond motifs is 1. The van der Waals surface area contributed by atoms with Gasteiger partial charge in [-0.25, -0.2) is 4.39 Å². The lowest BCUT2D eigenvalue weighted by molar-refractivity contribution is -0.114. The molecule has 1 N–H and O–H groups in total. The Bertz CT molecular complexity index is 919. The Hall–Kier alpha value is -2.75. The van der Waals surface area contributed by atoms with Crippen molar-refractivity contribution in [1.29, 1.82) is 0 Å². The van der Waals surface area contributed by atoms with Crippen LogP contribution in [-0.2, 0) is 4.79 Å². The Labute approximate surface area is 154 Å². The lowest BCUT2D eigenvalue weighted by atomic mass is 9.98. The molecule has 0 radical (unpaired) electrons. The first-order valence-electron chi connectivity index (χ1n) is 8.70. The zero-order valence-electron chi connectivity index (χ0n) is 16.0. The van der Waals surface area contributed by atoms with Crippen molar-refractivity contribution >= 4 is 28.1 Å². The summed E-state index contributed by atoms with van der Waals surface area (Å²) < 4.78 is 13.2. The van der Waals surface area contributed by atoms with Crippen LogP contribution in [0.4, 0.5) is 10.1 Å². The number of hydrogen-bond donors (Lipinski definition) is 1. The summed E-state index contributed by atoms with van der Waals surface area (Å²) in [7, 11) is 0. The third-order valence-corrected chi connectivity index (χ3v) is 4.14. The van der Waals surface area contributed by atoms with E-state index in [1.807, 2.05) is 25.1 Å². The van der Waals surface area contributed by atoms with Crippen LogP contribution in [0.3, 0.4) is 0 Å². The second-order valence-electron chi connectivity index (χ2n) is 6.45. The molecule has 0 saturated carbocycles.